The van der Waals surface area contributed by atoms with Crippen molar-refractivity contribution in [3.8, 4) is 0 Å². The van der Waals surface area contributed by atoms with Crippen molar-refractivity contribution in [3.63, 3.8) is 0 Å². The Kier molecular flexibility index (Phi) is 3.42. The quantitative estimate of drug-likeness (QED) is 0.818. The summed E-state index contributed by atoms with van der Waals surface area (Å²) in [5, 5.41) is 3.92. The molecule has 1 amide bonds. The van der Waals surface area contributed by atoms with E-state index in [4.69, 9.17) is 4.74 Å². The number of carbonyl (C=O) groups is 1. The highest BCUT2D eigenvalue weighted by Crippen LogP contribution is 2.35. The molecule has 2 atom stereocenters. The molecule has 2 aliphatic heterocycles. The van der Waals surface area contributed by atoms with Crippen LogP contribution in [0.15, 0.2) is 30.3 Å². The van der Waals surface area contributed by atoms with E-state index in [0.717, 1.165) is 31.7 Å². The summed E-state index contributed by atoms with van der Waals surface area (Å²) in [4.78, 5) is 12.3. The van der Waals surface area contributed by atoms with Crippen LogP contribution in [0.5, 0.6) is 0 Å². The number of carbonyl (C=O) groups excluding carboxylic acids is 1. The van der Waals surface area contributed by atoms with E-state index in [0.29, 0.717) is 12.3 Å². The molecule has 0 saturated carbocycles. The van der Waals surface area contributed by atoms with Crippen molar-refractivity contribution in [2.45, 2.75) is 32.4 Å². The van der Waals surface area contributed by atoms with E-state index in [1.165, 1.54) is 0 Å². The summed E-state index contributed by atoms with van der Waals surface area (Å²) < 4.78 is 5.85. The van der Waals surface area contributed by atoms with E-state index in [1.807, 2.05) is 42.3 Å². The Hall–Kier alpha value is -1.55. The molecule has 1 aromatic carbocycles. The molecule has 2 aliphatic rings. The zero-order valence-corrected chi connectivity index (χ0v) is 11.3. The highest BCUT2D eigenvalue weighted by atomic mass is 16.5. The summed E-state index contributed by atoms with van der Waals surface area (Å²) in [6, 6.07) is 10.1. The Morgan fingerprint density at radius 2 is 2.16 bits per heavy atom. The van der Waals surface area contributed by atoms with Crippen molar-refractivity contribution in [1.82, 2.24) is 5.01 Å². The second-order valence-electron chi connectivity index (χ2n) is 5.17. The topological polar surface area (TPSA) is 32.8 Å². The number of anilines is 1. The zero-order valence-electron chi connectivity index (χ0n) is 11.3. The van der Waals surface area contributed by atoms with E-state index in [-0.39, 0.29) is 12.1 Å². The van der Waals surface area contributed by atoms with E-state index in [2.05, 4.69) is 5.01 Å². The molecule has 0 aromatic heterocycles. The summed E-state index contributed by atoms with van der Waals surface area (Å²) in [5.74, 6) is 0.572. The number of fused-ring (bicyclic) bond motifs is 1. The maximum absolute atomic E-state index is 12.3. The minimum absolute atomic E-state index is 0.0681. The number of para-hydroxylation sites is 1. The average Bonchev–Trinajstić information content (AvgIpc) is 2.87. The molecule has 0 bridgehead atoms. The Morgan fingerprint density at radius 1 is 1.37 bits per heavy atom. The van der Waals surface area contributed by atoms with E-state index >= 15 is 0 Å². The molecule has 0 spiro atoms. The zero-order chi connectivity index (χ0) is 13.2. The average molecular weight is 260 g/mol. The molecule has 19 heavy (non-hydrogen) atoms. The Morgan fingerprint density at radius 3 is 2.89 bits per heavy atom. The Labute approximate surface area is 113 Å². The third-order valence-corrected chi connectivity index (χ3v) is 3.93. The van der Waals surface area contributed by atoms with Crippen LogP contribution in [-0.4, -0.2) is 30.3 Å². The number of hydrogen-bond donors (Lipinski definition) is 0. The normalized spacial score (nSPS) is 26.4. The lowest BCUT2D eigenvalue weighted by atomic mass is 10.0. The van der Waals surface area contributed by atoms with Crippen molar-refractivity contribution in [3.05, 3.63) is 30.3 Å². The molecule has 0 aliphatic carbocycles. The number of amides is 1. The molecule has 1 aromatic rings. The third kappa shape index (κ3) is 2.21. The van der Waals surface area contributed by atoms with Gasteiger partial charge in [0.05, 0.1) is 5.69 Å². The van der Waals surface area contributed by atoms with E-state index in [1.54, 1.807) is 0 Å². The van der Waals surface area contributed by atoms with Crippen LogP contribution in [0.2, 0.25) is 0 Å². The lowest BCUT2D eigenvalue weighted by molar-refractivity contribution is -0.149. The fraction of sp³-hybridized carbons (Fsp3) is 0.533. The van der Waals surface area contributed by atoms with Crippen molar-refractivity contribution in [2.75, 3.05) is 18.2 Å². The minimum atomic E-state index is -0.0681. The summed E-state index contributed by atoms with van der Waals surface area (Å²) in [7, 11) is 0. The standard InChI is InChI=1S/C15H20N2O2/c1-2-14(18)17-15-12(7-6-10-19-15)11-16(17)13-8-4-3-5-9-13/h3-5,8-9,12,15H,2,6-7,10-11H2,1H3. The van der Waals surface area contributed by atoms with Gasteiger partial charge in [-0.2, -0.15) is 0 Å². The van der Waals surface area contributed by atoms with Gasteiger partial charge in [0.1, 0.15) is 0 Å². The molecule has 2 fully saturated rings. The van der Waals surface area contributed by atoms with Gasteiger partial charge >= 0.3 is 0 Å². The lowest BCUT2D eigenvalue weighted by Gasteiger charge is -2.34. The molecule has 2 heterocycles. The largest absolute Gasteiger partial charge is 0.356 e. The summed E-state index contributed by atoms with van der Waals surface area (Å²) >= 11 is 0. The van der Waals surface area contributed by atoms with Gasteiger partial charge in [-0.05, 0) is 25.0 Å². The fourth-order valence-electron chi connectivity index (χ4n) is 3.00. The minimum Gasteiger partial charge on any atom is -0.356 e. The van der Waals surface area contributed by atoms with Crippen LogP contribution in [0.1, 0.15) is 26.2 Å². The molecular weight excluding hydrogens is 240 g/mol. The summed E-state index contributed by atoms with van der Waals surface area (Å²) in [5.41, 5.74) is 1.07. The van der Waals surface area contributed by atoms with Crippen LogP contribution < -0.4 is 5.01 Å². The molecule has 4 nitrogen and oxygen atoms in total. The first-order valence-electron chi connectivity index (χ1n) is 7.07. The highest BCUT2D eigenvalue weighted by molar-refractivity contribution is 5.78. The second-order valence-corrected chi connectivity index (χ2v) is 5.17. The first-order chi connectivity index (χ1) is 9.31. The first-order valence-corrected chi connectivity index (χ1v) is 7.07. The lowest BCUT2D eigenvalue weighted by Crippen LogP contribution is -2.47. The number of hydrogen-bond acceptors (Lipinski definition) is 3. The summed E-state index contributed by atoms with van der Waals surface area (Å²) in [6.07, 6.45) is 2.68. The number of benzene rings is 1. The molecule has 102 valence electrons. The maximum atomic E-state index is 12.3. The van der Waals surface area contributed by atoms with Crippen LogP contribution in [0.25, 0.3) is 0 Å². The van der Waals surface area contributed by atoms with Crippen LogP contribution in [0, 0.1) is 5.92 Å². The third-order valence-electron chi connectivity index (χ3n) is 3.93. The molecular formula is C15H20N2O2. The molecule has 4 heteroatoms. The van der Waals surface area contributed by atoms with Gasteiger partial charge < -0.3 is 4.74 Å². The number of nitrogens with zero attached hydrogens (tertiary/aromatic N) is 2. The Balaban J connectivity index is 1.91. The molecule has 2 saturated heterocycles. The van der Waals surface area contributed by atoms with Crippen LogP contribution >= 0.6 is 0 Å². The van der Waals surface area contributed by atoms with E-state index < -0.39 is 0 Å². The molecule has 0 radical (unpaired) electrons. The first kappa shape index (κ1) is 12.5. The van der Waals surface area contributed by atoms with Crippen molar-refractivity contribution in [1.29, 1.82) is 0 Å². The van der Waals surface area contributed by atoms with Crippen LogP contribution in [-0.2, 0) is 9.53 Å². The van der Waals surface area contributed by atoms with Gasteiger partial charge in [0, 0.05) is 25.5 Å². The number of ether oxygens (including phenoxy) is 1. The monoisotopic (exact) mass is 260 g/mol. The van der Waals surface area contributed by atoms with Crippen LogP contribution in [0.3, 0.4) is 0 Å². The predicted molar refractivity (Wildman–Crippen MR) is 73.4 cm³/mol. The fourth-order valence-corrected chi connectivity index (χ4v) is 3.00. The smallest absolute Gasteiger partial charge is 0.243 e. The Bertz CT molecular complexity index is 449. The number of hydrazine groups is 1. The van der Waals surface area contributed by atoms with Gasteiger partial charge in [0.25, 0.3) is 0 Å². The van der Waals surface area contributed by atoms with Gasteiger partial charge in [-0.1, -0.05) is 25.1 Å². The molecule has 0 N–H and O–H groups in total. The van der Waals surface area contributed by atoms with Gasteiger partial charge in [-0.25, -0.2) is 5.01 Å². The van der Waals surface area contributed by atoms with E-state index in [9.17, 15) is 4.79 Å². The number of rotatable bonds is 2. The SMILES string of the molecule is CCC(=O)N1C2OCCCC2CN1c1ccccc1. The predicted octanol–water partition coefficient (Wildman–Crippen LogP) is 2.41. The van der Waals surface area contributed by atoms with Gasteiger partial charge in [-0.15, -0.1) is 0 Å². The highest BCUT2D eigenvalue weighted by Gasteiger charge is 2.44. The second kappa shape index (κ2) is 5.21. The van der Waals surface area contributed by atoms with Crippen molar-refractivity contribution >= 4 is 11.6 Å². The maximum Gasteiger partial charge on any atom is 0.243 e. The van der Waals surface area contributed by atoms with Gasteiger partial charge in [0.2, 0.25) is 5.91 Å². The summed E-state index contributed by atoms with van der Waals surface area (Å²) in [6.45, 7) is 3.54. The molecule has 2 unspecified atom stereocenters. The van der Waals surface area contributed by atoms with Crippen molar-refractivity contribution < 1.29 is 9.53 Å². The van der Waals surface area contributed by atoms with Gasteiger partial charge in [-0.3, -0.25) is 9.80 Å². The van der Waals surface area contributed by atoms with Gasteiger partial charge in [0.15, 0.2) is 6.23 Å². The molecule has 3 rings (SSSR count). The van der Waals surface area contributed by atoms with Crippen LogP contribution in [0.4, 0.5) is 5.69 Å². The van der Waals surface area contributed by atoms with Crippen molar-refractivity contribution in [2.24, 2.45) is 5.92 Å².